The number of carbonyl (C=O) groups is 1. The largest absolute Gasteiger partial charge is 0.342 e. The van der Waals surface area contributed by atoms with Crippen molar-refractivity contribution >= 4 is 5.91 Å². The van der Waals surface area contributed by atoms with Crippen LogP contribution in [0.15, 0.2) is 0 Å². The second-order valence-electron chi connectivity index (χ2n) is 6.10. The topological polar surface area (TPSA) is 35.6 Å². The van der Waals surface area contributed by atoms with Crippen molar-refractivity contribution in [3.8, 4) is 0 Å². The van der Waals surface area contributed by atoms with E-state index in [-0.39, 0.29) is 0 Å². The van der Waals surface area contributed by atoms with Gasteiger partial charge in [-0.3, -0.25) is 9.69 Å². The summed E-state index contributed by atoms with van der Waals surface area (Å²) in [7, 11) is 2.06. The van der Waals surface area contributed by atoms with Crippen LogP contribution < -0.4 is 5.32 Å². The van der Waals surface area contributed by atoms with Crippen LogP contribution in [0.4, 0.5) is 0 Å². The summed E-state index contributed by atoms with van der Waals surface area (Å²) in [6.07, 6.45) is 7.41. The summed E-state index contributed by atoms with van der Waals surface area (Å²) < 4.78 is 0. The Morgan fingerprint density at radius 2 is 1.78 bits per heavy atom. The van der Waals surface area contributed by atoms with Crippen molar-refractivity contribution in [1.29, 1.82) is 0 Å². The van der Waals surface area contributed by atoms with E-state index in [1.807, 2.05) is 0 Å². The highest BCUT2D eigenvalue weighted by molar-refractivity contribution is 5.78. The minimum atomic E-state index is 0.368. The Labute approximate surface area is 110 Å². The number of fused-ring (bicyclic) bond motifs is 2. The van der Waals surface area contributed by atoms with Crippen molar-refractivity contribution < 1.29 is 4.79 Å². The van der Waals surface area contributed by atoms with Gasteiger partial charge in [0.1, 0.15) is 0 Å². The standard InChI is InChI=1S/C14H25N3O/c1-15-11-8-12-4-5-13(9-11)17(12)10-14(18)16-6-2-3-7-16/h11-13,15H,2-10H2,1H3. The van der Waals surface area contributed by atoms with Crippen LogP contribution in [0.1, 0.15) is 38.5 Å². The fourth-order valence-electron chi connectivity index (χ4n) is 3.99. The van der Waals surface area contributed by atoms with Crippen molar-refractivity contribution in [2.45, 2.75) is 56.7 Å². The lowest BCUT2D eigenvalue weighted by Gasteiger charge is -2.39. The van der Waals surface area contributed by atoms with Gasteiger partial charge in [0.2, 0.25) is 5.91 Å². The number of hydrogen-bond donors (Lipinski definition) is 1. The van der Waals surface area contributed by atoms with E-state index in [2.05, 4.69) is 22.2 Å². The third kappa shape index (κ3) is 2.28. The van der Waals surface area contributed by atoms with E-state index in [0.29, 0.717) is 30.6 Å². The molecule has 3 fully saturated rings. The quantitative estimate of drug-likeness (QED) is 0.807. The first-order valence-electron chi connectivity index (χ1n) is 7.48. The van der Waals surface area contributed by atoms with Gasteiger partial charge in [0.15, 0.2) is 0 Å². The van der Waals surface area contributed by atoms with Crippen LogP contribution in [0, 0.1) is 0 Å². The second-order valence-corrected chi connectivity index (χ2v) is 6.10. The van der Waals surface area contributed by atoms with Crippen LogP contribution in [0.3, 0.4) is 0 Å². The Bertz CT molecular complexity index is 300. The minimum absolute atomic E-state index is 0.368. The normalized spacial score (nSPS) is 36.3. The first kappa shape index (κ1) is 12.4. The molecule has 4 nitrogen and oxygen atoms in total. The maximum atomic E-state index is 12.3. The summed E-state index contributed by atoms with van der Waals surface area (Å²) in [5, 5.41) is 3.41. The summed E-state index contributed by atoms with van der Waals surface area (Å²) in [6, 6.07) is 1.96. The van der Waals surface area contributed by atoms with Crippen molar-refractivity contribution in [1.82, 2.24) is 15.1 Å². The molecule has 4 heteroatoms. The second kappa shape index (κ2) is 5.17. The van der Waals surface area contributed by atoms with E-state index >= 15 is 0 Å². The molecule has 3 aliphatic rings. The molecule has 1 N–H and O–H groups in total. The van der Waals surface area contributed by atoms with Gasteiger partial charge in [0.25, 0.3) is 0 Å². The van der Waals surface area contributed by atoms with Gasteiger partial charge in [-0.1, -0.05) is 0 Å². The highest BCUT2D eigenvalue weighted by atomic mass is 16.2. The number of amides is 1. The molecule has 0 aromatic rings. The van der Waals surface area contributed by atoms with E-state index in [4.69, 9.17) is 0 Å². The number of rotatable bonds is 3. The molecule has 0 radical (unpaired) electrons. The zero-order valence-electron chi connectivity index (χ0n) is 11.4. The van der Waals surface area contributed by atoms with Gasteiger partial charge in [-0.15, -0.1) is 0 Å². The molecule has 3 saturated heterocycles. The number of nitrogens with zero attached hydrogens (tertiary/aromatic N) is 2. The smallest absolute Gasteiger partial charge is 0.236 e. The van der Waals surface area contributed by atoms with E-state index in [1.54, 1.807) is 0 Å². The maximum absolute atomic E-state index is 12.3. The van der Waals surface area contributed by atoms with E-state index in [1.165, 1.54) is 38.5 Å². The Balaban J connectivity index is 1.58. The Hall–Kier alpha value is -0.610. The molecule has 0 aliphatic carbocycles. The molecule has 1 amide bonds. The molecule has 2 unspecified atom stereocenters. The van der Waals surface area contributed by atoms with Gasteiger partial charge in [0.05, 0.1) is 6.54 Å². The molecule has 3 aliphatic heterocycles. The van der Waals surface area contributed by atoms with E-state index < -0.39 is 0 Å². The first-order chi connectivity index (χ1) is 8.78. The lowest BCUT2D eigenvalue weighted by molar-refractivity contribution is -0.132. The van der Waals surface area contributed by atoms with Gasteiger partial charge < -0.3 is 10.2 Å². The highest BCUT2D eigenvalue weighted by Gasteiger charge is 2.41. The number of hydrogen-bond acceptors (Lipinski definition) is 3. The fourth-order valence-corrected chi connectivity index (χ4v) is 3.99. The molecule has 2 bridgehead atoms. The number of carbonyl (C=O) groups excluding carboxylic acids is 1. The maximum Gasteiger partial charge on any atom is 0.236 e. The highest BCUT2D eigenvalue weighted by Crippen LogP contribution is 2.35. The molecular weight excluding hydrogens is 226 g/mol. The molecule has 2 atom stereocenters. The van der Waals surface area contributed by atoms with Crippen LogP contribution in [0.2, 0.25) is 0 Å². The van der Waals surface area contributed by atoms with Gasteiger partial charge in [0, 0.05) is 31.2 Å². The van der Waals surface area contributed by atoms with Gasteiger partial charge in [-0.25, -0.2) is 0 Å². The summed E-state index contributed by atoms with van der Waals surface area (Å²) in [5.41, 5.74) is 0. The van der Waals surface area contributed by atoms with Crippen LogP contribution in [0.5, 0.6) is 0 Å². The Kier molecular flexibility index (Phi) is 3.57. The third-order valence-electron chi connectivity index (χ3n) is 5.07. The number of likely N-dealkylation sites (tertiary alicyclic amines) is 1. The zero-order valence-corrected chi connectivity index (χ0v) is 11.4. The van der Waals surface area contributed by atoms with Crippen LogP contribution >= 0.6 is 0 Å². The van der Waals surface area contributed by atoms with E-state index in [9.17, 15) is 4.79 Å². The Morgan fingerprint density at radius 3 is 2.33 bits per heavy atom. The lowest BCUT2D eigenvalue weighted by Crippen LogP contribution is -2.51. The molecule has 18 heavy (non-hydrogen) atoms. The van der Waals surface area contributed by atoms with Crippen LogP contribution in [0.25, 0.3) is 0 Å². The monoisotopic (exact) mass is 251 g/mol. The third-order valence-corrected chi connectivity index (χ3v) is 5.07. The van der Waals surface area contributed by atoms with Crippen LogP contribution in [-0.2, 0) is 4.79 Å². The van der Waals surface area contributed by atoms with Crippen LogP contribution in [-0.4, -0.2) is 60.5 Å². The fraction of sp³-hybridized carbons (Fsp3) is 0.929. The van der Waals surface area contributed by atoms with Crippen molar-refractivity contribution in [3.05, 3.63) is 0 Å². The van der Waals surface area contributed by atoms with Crippen molar-refractivity contribution in [3.63, 3.8) is 0 Å². The molecular formula is C14H25N3O. The van der Waals surface area contributed by atoms with Gasteiger partial charge in [-0.2, -0.15) is 0 Å². The Morgan fingerprint density at radius 1 is 1.17 bits per heavy atom. The van der Waals surface area contributed by atoms with Crippen molar-refractivity contribution in [2.75, 3.05) is 26.7 Å². The number of nitrogens with one attached hydrogen (secondary N) is 1. The lowest BCUT2D eigenvalue weighted by atomic mass is 9.97. The zero-order chi connectivity index (χ0) is 12.5. The average Bonchev–Trinajstić information content (AvgIpc) is 2.97. The van der Waals surface area contributed by atoms with E-state index in [0.717, 1.165) is 13.1 Å². The molecule has 0 saturated carbocycles. The predicted molar refractivity (Wildman–Crippen MR) is 71.4 cm³/mol. The van der Waals surface area contributed by atoms with Gasteiger partial charge in [-0.05, 0) is 45.6 Å². The summed E-state index contributed by atoms with van der Waals surface area (Å²) in [6.45, 7) is 2.65. The molecule has 102 valence electrons. The minimum Gasteiger partial charge on any atom is -0.342 e. The number of piperidine rings is 1. The van der Waals surface area contributed by atoms with Gasteiger partial charge >= 0.3 is 0 Å². The van der Waals surface area contributed by atoms with Crippen molar-refractivity contribution in [2.24, 2.45) is 0 Å². The average molecular weight is 251 g/mol. The summed E-state index contributed by atoms with van der Waals surface area (Å²) in [5.74, 6) is 0.368. The molecule has 0 aromatic carbocycles. The molecule has 0 aromatic heterocycles. The summed E-state index contributed by atoms with van der Waals surface area (Å²) in [4.78, 5) is 16.8. The summed E-state index contributed by atoms with van der Waals surface area (Å²) >= 11 is 0. The predicted octanol–water partition coefficient (Wildman–Crippen LogP) is 0.824. The molecule has 3 rings (SSSR count). The first-order valence-corrected chi connectivity index (χ1v) is 7.48. The SMILES string of the molecule is CNC1CC2CCC(C1)N2CC(=O)N1CCCC1. The molecule has 0 spiro atoms. The molecule has 3 heterocycles.